The maximum absolute atomic E-state index is 11.1. The monoisotopic (exact) mass is 417 g/mol. The standard InChI is InChI=1S/C11H9Br2N5O3/c1-4-10(15-11(21)18-16-4)17-14-3-5-2-6(12)9(20)7(13)8(5)19/h2-3,19-20H,1H3,(H2,15,17,18,21). The van der Waals surface area contributed by atoms with E-state index in [1.54, 1.807) is 6.92 Å². The number of nitrogens with one attached hydrogen (secondary N) is 2. The van der Waals surface area contributed by atoms with Gasteiger partial charge >= 0.3 is 5.69 Å². The van der Waals surface area contributed by atoms with Crippen molar-refractivity contribution in [1.29, 1.82) is 0 Å². The van der Waals surface area contributed by atoms with Gasteiger partial charge in [0.1, 0.15) is 21.7 Å². The second kappa shape index (κ2) is 6.22. The summed E-state index contributed by atoms with van der Waals surface area (Å²) in [6.45, 7) is 1.64. The Balaban J connectivity index is 2.26. The van der Waals surface area contributed by atoms with Crippen LogP contribution in [0.5, 0.6) is 11.5 Å². The van der Waals surface area contributed by atoms with E-state index in [1.807, 2.05) is 0 Å². The number of phenols is 2. The molecule has 0 bridgehead atoms. The summed E-state index contributed by atoms with van der Waals surface area (Å²) in [6.07, 6.45) is 1.31. The molecule has 0 spiro atoms. The summed E-state index contributed by atoms with van der Waals surface area (Å²) in [5.41, 5.74) is 2.76. The third-order valence-electron chi connectivity index (χ3n) is 2.45. The van der Waals surface area contributed by atoms with Gasteiger partial charge in [0.05, 0.1) is 10.7 Å². The summed E-state index contributed by atoms with van der Waals surface area (Å²) in [6, 6.07) is 1.48. The molecule has 1 aromatic carbocycles. The molecule has 0 unspecified atom stereocenters. The molecule has 4 N–H and O–H groups in total. The maximum atomic E-state index is 11.1. The van der Waals surface area contributed by atoms with Crippen molar-refractivity contribution in [2.45, 2.75) is 6.92 Å². The van der Waals surface area contributed by atoms with Gasteiger partial charge in [-0.15, -0.1) is 0 Å². The van der Waals surface area contributed by atoms with Gasteiger partial charge in [-0.3, -0.25) is 5.43 Å². The zero-order valence-electron chi connectivity index (χ0n) is 10.6. The summed E-state index contributed by atoms with van der Waals surface area (Å²) >= 11 is 6.21. The van der Waals surface area contributed by atoms with Gasteiger partial charge in [0.25, 0.3) is 0 Å². The molecular weight excluding hydrogens is 410 g/mol. The molecule has 0 amide bonds. The van der Waals surface area contributed by atoms with Crippen LogP contribution in [0.3, 0.4) is 0 Å². The number of aromatic hydroxyl groups is 2. The van der Waals surface area contributed by atoms with E-state index in [1.165, 1.54) is 12.3 Å². The van der Waals surface area contributed by atoms with Crippen molar-refractivity contribution in [3.8, 4) is 11.5 Å². The van der Waals surface area contributed by atoms with E-state index < -0.39 is 5.69 Å². The number of hydrazone groups is 1. The molecule has 8 nitrogen and oxygen atoms in total. The first kappa shape index (κ1) is 15.4. The van der Waals surface area contributed by atoms with Gasteiger partial charge in [0, 0.05) is 5.56 Å². The molecule has 2 aromatic rings. The first-order valence-corrected chi connectivity index (χ1v) is 7.11. The average molecular weight is 419 g/mol. The lowest BCUT2D eigenvalue weighted by molar-refractivity contribution is 0.442. The molecular formula is C11H9Br2N5O3. The van der Waals surface area contributed by atoms with Crippen molar-refractivity contribution in [1.82, 2.24) is 15.2 Å². The second-order valence-electron chi connectivity index (χ2n) is 3.90. The number of rotatable bonds is 3. The molecule has 0 aliphatic rings. The maximum Gasteiger partial charge on any atom is 0.363 e. The zero-order chi connectivity index (χ0) is 15.6. The second-order valence-corrected chi connectivity index (χ2v) is 5.55. The lowest BCUT2D eigenvalue weighted by Crippen LogP contribution is -2.15. The SMILES string of the molecule is Cc1n[nH]c(=O)nc1NN=Cc1cc(Br)c(O)c(Br)c1O. The third kappa shape index (κ3) is 3.39. The van der Waals surface area contributed by atoms with E-state index in [0.717, 1.165) is 0 Å². The highest BCUT2D eigenvalue weighted by atomic mass is 79.9. The highest BCUT2D eigenvalue weighted by molar-refractivity contribution is 9.11. The molecule has 0 saturated carbocycles. The molecule has 1 aromatic heterocycles. The van der Waals surface area contributed by atoms with Crippen LogP contribution in [-0.4, -0.2) is 31.6 Å². The van der Waals surface area contributed by atoms with Crippen molar-refractivity contribution < 1.29 is 10.2 Å². The quantitative estimate of drug-likeness (QED) is 0.445. The summed E-state index contributed by atoms with van der Waals surface area (Å²) < 4.78 is 0.534. The summed E-state index contributed by atoms with van der Waals surface area (Å²) in [5.74, 6) is -0.0877. The number of hydrogen-bond donors (Lipinski definition) is 4. The van der Waals surface area contributed by atoms with Crippen LogP contribution in [0.25, 0.3) is 0 Å². The molecule has 0 radical (unpaired) electrons. The molecule has 1 heterocycles. The molecule has 0 aliphatic heterocycles. The highest BCUT2D eigenvalue weighted by Crippen LogP contribution is 2.40. The van der Waals surface area contributed by atoms with Crippen molar-refractivity contribution >= 4 is 43.9 Å². The van der Waals surface area contributed by atoms with Crippen LogP contribution in [0.1, 0.15) is 11.3 Å². The Morgan fingerprint density at radius 1 is 1.38 bits per heavy atom. The fourth-order valence-corrected chi connectivity index (χ4v) is 2.53. The number of hydrogen-bond acceptors (Lipinski definition) is 7. The van der Waals surface area contributed by atoms with Crippen LogP contribution in [0.15, 0.2) is 24.9 Å². The van der Waals surface area contributed by atoms with E-state index in [4.69, 9.17) is 0 Å². The first-order chi connectivity index (χ1) is 9.90. The number of aromatic amines is 1. The van der Waals surface area contributed by atoms with Gasteiger partial charge in [-0.25, -0.2) is 9.89 Å². The largest absolute Gasteiger partial charge is 0.506 e. The first-order valence-electron chi connectivity index (χ1n) is 5.52. The van der Waals surface area contributed by atoms with Crippen LogP contribution in [0, 0.1) is 6.92 Å². The number of benzene rings is 1. The predicted molar refractivity (Wildman–Crippen MR) is 83.8 cm³/mol. The average Bonchev–Trinajstić information content (AvgIpc) is 2.45. The van der Waals surface area contributed by atoms with Gasteiger partial charge < -0.3 is 10.2 Å². The number of aryl methyl sites for hydroxylation is 1. The Kier molecular flexibility index (Phi) is 4.58. The molecule has 0 atom stereocenters. The Morgan fingerprint density at radius 2 is 2.10 bits per heavy atom. The van der Waals surface area contributed by atoms with Crippen molar-refractivity contribution in [3.05, 3.63) is 36.8 Å². The summed E-state index contributed by atoms with van der Waals surface area (Å²) in [5, 5.41) is 29.3. The molecule has 21 heavy (non-hydrogen) atoms. The fourth-order valence-electron chi connectivity index (χ4n) is 1.38. The number of halogens is 2. The van der Waals surface area contributed by atoms with Crippen LogP contribution in [0.4, 0.5) is 5.82 Å². The van der Waals surface area contributed by atoms with E-state index in [9.17, 15) is 15.0 Å². The van der Waals surface area contributed by atoms with Gasteiger partial charge in [0.2, 0.25) is 0 Å². The lowest BCUT2D eigenvalue weighted by atomic mass is 10.2. The lowest BCUT2D eigenvalue weighted by Gasteiger charge is -2.06. The molecule has 10 heteroatoms. The molecule has 0 aliphatic carbocycles. The van der Waals surface area contributed by atoms with E-state index >= 15 is 0 Å². The summed E-state index contributed by atoms with van der Waals surface area (Å²) in [4.78, 5) is 14.7. The van der Waals surface area contributed by atoms with Gasteiger partial charge in [-0.05, 0) is 44.8 Å². The Hall–Kier alpha value is -1.94. The van der Waals surface area contributed by atoms with Crippen molar-refractivity contribution in [2.75, 3.05) is 5.43 Å². The minimum atomic E-state index is -0.601. The van der Waals surface area contributed by atoms with Crippen LogP contribution >= 0.6 is 31.9 Å². The Bertz CT molecular complexity index is 775. The van der Waals surface area contributed by atoms with Crippen LogP contribution < -0.4 is 11.1 Å². The highest BCUT2D eigenvalue weighted by Gasteiger charge is 2.12. The van der Waals surface area contributed by atoms with Crippen molar-refractivity contribution in [2.24, 2.45) is 5.10 Å². The fraction of sp³-hybridized carbons (Fsp3) is 0.0909. The number of H-pyrrole nitrogens is 1. The Morgan fingerprint density at radius 3 is 2.81 bits per heavy atom. The minimum Gasteiger partial charge on any atom is -0.506 e. The smallest absolute Gasteiger partial charge is 0.363 e. The van der Waals surface area contributed by atoms with Crippen molar-refractivity contribution in [3.63, 3.8) is 0 Å². The zero-order valence-corrected chi connectivity index (χ0v) is 13.7. The number of nitrogens with zero attached hydrogens (tertiary/aromatic N) is 3. The third-order valence-corrected chi connectivity index (χ3v) is 3.80. The van der Waals surface area contributed by atoms with Crippen LogP contribution in [-0.2, 0) is 0 Å². The minimum absolute atomic E-state index is 0.117. The topological polar surface area (TPSA) is 123 Å². The van der Waals surface area contributed by atoms with Gasteiger partial charge in [-0.2, -0.15) is 15.2 Å². The number of aromatic nitrogens is 3. The Labute approximate surface area is 135 Å². The molecule has 2 rings (SSSR count). The van der Waals surface area contributed by atoms with E-state index in [-0.39, 0.29) is 21.8 Å². The summed E-state index contributed by atoms with van der Waals surface area (Å²) in [7, 11) is 0. The number of anilines is 1. The van der Waals surface area contributed by atoms with E-state index in [2.05, 4.69) is 57.6 Å². The van der Waals surface area contributed by atoms with Gasteiger partial charge in [0.15, 0.2) is 5.82 Å². The predicted octanol–water partition coefficient (Wildman–Crippen LogP) is 1.86. The van der Waals surface area contributed by atoms with E-state index in [0.29, 0.717) is 15.7 Å². The number of phenolic OH excluding ortho intramolecular Hbond substituents is 2. The molecule has 110 valence electrons. The normalized spacial score (nSPS) is 11.0. The molecule has 0 saturated heterocycles. The van der Waals surface area contributed by atoms with Crippen LogP contribution in [0.2, 0.25) is 0 Å². The molecule has 0 fully saturated rings. The van der Waals surface area contributed by atoms with Gasteiger partial charge in [-0.1, -0.05) is 0 Å².